The molecular weight excluding hydrogens is 302 g/mol. The lowest BCUT2D eigenvalue weighted by atomic mass is 9.97. The van der Waals surface area contributed by atoms with Gasteiger partial charge in [-0.25, -0.2) is 0 Å². The highest BCUT2D eigenvalue weighted by Gasteiger charge is 2.42. The average molecular weight is 334 g/mol. The molecule has 0 unspecified atom stereocenters. The van der Waals surface area contributed by atoms with Gasteiger partial charge in [-0.3, -0.25) is 4.99 Å². The molecule has 1 aliphatic rings. The molecule has 0 atom stereocenters. The van der Waals surface area contributed by atoms with Crippen LogP contribution in [0.2, 0.25) is 0 Å². The lowest BCUT2D eigenvalue weighted by Crippen LogP contribution is -2.38. The fraction of sp³-hybridized carbons (Fsp3) is 0.632. The number of hydrogen-bond acceptors (Lipinski definition) is 2. The molecule has 0 aliphatic heterocycles. The van der Waals surface area contributed by atoms with E-state index in [2.05, 4.69) is 54.1 Å². The van der Waals surface area contributed by atoms with Crippen molar-refractivity contribution in [3.8, 4) is 0 Å². The maximum Gasteiger partial charge on any atom is 0.191 e. The van der Waals surface area contributed by atoms with Crippen LogP contribution < -0.4 is 10.6 Å². The van der Waals surface area contributed by atoms with Crippen LogP contribution in [0.1, 0.15) is 38.2 Å². The molecular formula is C19H31N3S. The summed E-state index contributed by atoms with van der Waals surface area (Å²) in [6.45, 7) is 4.99. The standard InChI is InChI=1S/C19H31N3S/c1-3-20-18(21-13-7-8-14-23-2)22-16-19(11-12-19)15-17-9-5-4-6-10-17/h4-6,9-10H,3,7-8,11-16H2,1-2H3,(H2,20,21,22). The number of nitrogens with one attached hydrogen (secondary N) is 2. The van der Waals surface area contributed by atoms with Gasteiger partial charge in [-0.2, -0.15) is 11.8 Å². The Hall–Kier alpha value is -1.16. The minimum absolute atomic E-state index is 0.405. The second kappa shape index (κ2) is 9.86. The van der Waals surface area contributed by atoms with Crippen LogP contribution in [0.4, 0.5) is 0 Å². The quantitative estimate of drug-likeness (QED) is 0.389. The van der Waals surface area contributed by atoms with Crippen molar-refractivity contribution in [2.24, 2.45) is 10.4 Å². The molecule has 1 aromatic carbocycles. The van der Waals surface area contributed by atoms with Gasteiger partial charge in [0.05, 0.1) is 0 Å². The van der Waals surface area contributed by atoms with E-state index in [4.69, 9.17) is 4.99 Å². The Morgan fingerprint density at radius 1 is 1.17 bits per heavy atom. The Balaban J connectivity index is 1.79. The number of unbranched alkanes of at least 4 members (excludes halogenated alkanes) is 1. The van der Waals surface area contributed by atoms with Crippen molar-refractivity contribution in [2.45, 2.75) is 39.0 Å². The Bertz CT molecular complexity index is 469. The highest BCUT2D eigenvalue weighted by atomic mass is 32.2. The van der Waals surface area contributed by atoms with Crippen molar-refractivity contribution in [1.82, 2.24) is 10.6 Å². The molecule has 0 amide bonds. The third-order valence-electron chi connectivity index (χ3n) is 4.36. The summed E-state index contributed by atoms with van der Waals surface area (Å²) in [5.41, 5.74) is 1.85. The third kappa shape index (κ3) is 6.86. The minimum Gasteiger partial charge on any atom is -0.357 e. The fourth-order valence-corrected chi connectivity index (χ4v) is 3.26. The first kappa shape index (κ1) is 18.2. The third-order valence-corrected chi connectivity index (χ3v) is 5.06. The molecule has 2 N–H and O–H groups in total. The summed E-state index contributed by atoms with van der Waals surface area (Å²) in [5.74, 6) is 2.23. The van der Waals surface area contributed by atoms with Gasteiger partial charge < -0.3 is 10.6 Å². The topological polar surface area (TPSA) is 36.4 Å². The maximum atomic E-state index is 4.85. The largest absolute Gasteiger partial charge is 0.357 e. The van der Waals surface area contributed by atoms with Crippen LogP contribution in [0.25, 0.3) is 0 Å². The van der Waals surface area contributed by atoms with E-state index in [0.29, 0.717) is 5.41 Å². The Morgan fingerprint density at radius 2 is 1.96 bits per heavy atom. The monoisotopic (exact) mass is 333 g/mol. The van der Waals surface area contributed by atoms with Gasteiger partial charge in [-0.15, -0.1) is 0 Å². The van der Waals surface area contributed by atoms with Gasteiger partial charge in [-0.05, 0) is 62.0 Å². The summed E-state index contributed by atoms with van der Waals surface area (Å²) < 4.78 is 0. The van der Waals surface area contributed by atoms with Gasteiger partial charge in [-0.1, -0.05) is 30.3 Å². The molecule has 4 heteroatoms. The average Bonchev–Trinajstić information content (AvgIpc) is 3.33. The molecule has 1 saturated carbocycles. The number of rotatable bonds is 10. The van der Waals surface area contributed by atoms with Crippen LogP contribution in [0, 0.1) is 5.41 Å². The van der Waals surface area contributed by atoms with Gasteiger partial charge in [0, 0.05) is 19.6 Å². The van der Waals surface area contributed by atoms with Crippen molar-refractivity contribution in [1.29, 1.82) is 0 Å². The fourth-order valence-electron chi connectivity index (χ4n) is 2.76. The van der Waals surface area contributed by atoms with Crippen molar-refractivity contribution in [3.05, 3.63) is 35.9 Å². The van der Waals surface area contributed by atoms with Crippen molar-refractivity contribution >= 4 is 17.7 Å². The summed E-state index contributed by atoms with van der Waals surface area (Å²) in [6, 6.07) is 10.8. The van der Waals surface area contributed by atoms with Crippen molar-refractivity contribution in [2.75, 3.05) is 31.6 Å². The SMILES string of the molecule is CCNC(=NCC1(Cc2ccccc2)CC1)NCCCCSC. The van der Waals surface area contributed by atoms with Crippen LogP contribution in [0.15, 0.2) is 35.3 Å². The highest BCUT2D eigenvalue weighted by Crippen LogP contribution is 2.48. The lowest BCUT2D eigenvalue weighted by Gasteiger charge is -2.15. The summed E-state index contributed by atoms with van der Waals surface area (Å²) in [5, 5.41) is 6.84. The number of benzene rings is 1. The number of hydrogen-bond donors (Lipinski definition) is 2. The number of thioether (sulfide) groups is 1. The van der Waals surface area contributed by atoms with E-state index in [1.165, 1.54) is 37.0 Å². The van der Waals surface area contributed by atoms with Gasteiger partial charge in [0.2, 0.25) is 0 Å². The second-order valence-corrected chi connectivity index (χ2v) is 7.47. The zero-order valence-electron chi connectivity index (χ0n) is 14.6. The minimum atomic E-state index is 0.405. The van der Waals surface area contributed by atoms with E-state index in [-0.39, 0.29) is 0 Å². The van der Waals surface area contributed by atoms with E-state index in [0.717, 1.165) is 32.0 Å². The predicted molar refractivity (Wildman–Crippen MR) is 103 cm³/mol. The van der Waals surface area contributed by atoms with Gasteiger partial charge in [0.15, 0.2) is 5.96 Å². The number of nitrogens with zero attached hydrogens (tertiary/aromatic N) is 1. The maximum absolute atomic E-state index is 4.85. The van der Waals surface area contributed by atoms with Crippen LogP contribution in [-0.4, -0.2) is 37.6 Å². The molecule has 23 heavy (non-hydrogen) atoms. The highest BCUT2D eigenvalue weighted by molar-refractivity contribution is 7.98. The molecule has 0 heterocycles. The molecule has 0 aromatic heterocycles. The molecule has 0 radical (unpaired) electrons. The van der Waals surface area contributed by atoms with E-state index in [1.807, 2.05) is 11.8 Å². The van der Waals surface area contributed by atoms with E-state index in [1.54, 1.807) is 0 Å². The van der Waals surface area contributed by atoms with Gasteiger partial charge in [0.25, 0.3) is 0 Å². The smallest absolute Gasteiger partial charge is 0.191 e. The first-order valence-corrected chi connectivity index (χ1v) is 10.2. The first-order chi connectivity index (χ1) is 11.3. The van der Waals surface area contributed by atoms with E-state index < -0.39 is 0 Å². The summed E-state index contributed by atoms with van der Waals surface area (Å²) in [7, 11) is 0. The molecule has 0 bridgehead atoms. The molecule has 1 aliphatic carbocycles. The molecule has 0 spiro atoms. The summed E-state index contributed by atoms with van der Waals surface area (Å²) in [4.78, 5) is 4.85. The van der Waals surface area contributed by atoms with E-state index >= 15 is 0 Å². The molecule has 128 valence electrons. The predicted octanol–water partition coefficient (Wildman–Crippen LogP) is 3.71. The molecule has 1 aromatic rings. The molecule has 1 fully saturated rings. The van der Waals surface area contributed by atoms with Crippen molar-refractivity contribution < 1.29 is 0 Å². The Labute approximate surface area is 145 Å². The normalized spacial score (nSPS) is 16.2. The van der Waals surface area contributed by atoms with Gasteiger partial charge in [0.1, 0.15) is 0 Å². The van der Waals surface area contributed by atoms with Crippen LogP contribution in [-0.2, 0) is 6.42 Å². The molecule has 2 rings (SSSR count). The van der Waals surface area contributed by atoms with Gasteiger partial charge >= 0.3 is 0 Å². The summed E-state index contributed by atoms with van der Waals surface area (Å²) in [6.07, 6.45) is 8.41. The lowest BCUT2D eigenvalue weighted by molar-refractivity contribution is 0.519. The van der Waals surface area contributed by atoms with Crippen LogP contribution in [0.3, 0.4) is 0 Å². The van der Waals surface area contributed by atoms with Crippen LogP contribution >= 0.6 is 11.8 Å². The second-order valence-electron chi connectivity index (χ2n) is 6.48. The molecule has 3 nitrogen and oxygen atoms in total. The summed E-state index contributed by atoms with van der Waals surface area (Å²) >= 11 is 1.92. The Kier molecular flexibility index (Phi) is 7.80. The molecule has 0 saturated heterocycles. The van der Waals surface area contributed by atoms with E-state index in [9.17, 15) is 0 Å². The zero-order chi connectivity index (χ0) is 16.4. The Morgan fingerprint density at radius 3 is 2.61 bits per heavy atom. The van der Waals surface area contributed by atoms with Crippen molar-refractivity contribution in [3.63, 3.8) is 0 Å². The zero-order valence-corrected chi connectivity index (χ0v) is 15.4. The number of guanidine groups is 1. The van der Waals surface area contributed by atoms with Crippen LogP contribution in [0.5, 0.6) is 0 Å². The number of aliphatic imine (C=N–C) groups is 1. The first-order valence-electron chi connectivity index (χ1n) is 8.83.